The van der Waals surface area contributed by atoms with Gasteiger partial charge < -0.3 is 5.11 Å². The van der Waals surface area contributed by atoms with Gasteiger partial charge in [0, 0.05) is 0 Å². The Balaban J connectivity index is 1.61. The number of hydrogen-bond acceptors (Lipinski definition) is 1. The minimum Gasteiger partial charge on any atom is -0.508 e. The highest BCUT2D eigenvalue weighted by molar-refractivity contribution is 5.36. The van der Waals surface area contributed by atoms with Crippen molar-refractivity contribution in [1.82, 2.24) is 0 Å². The molecule has 0 amide bonds. The summed E-state index contributed by atoms with van der Waals surface area (Å²) in [7, 11) is 0. The van der Waals surface area contributed by atoms with Gasteiger partial charge in [0.1, 0.15) is 5.75 Å². The molecule has 1 aromatic rings. The molecule has 0 saturated heterocycles. The SMILES string of the molecule is CC(C)(C)CCCCCCc1ccc(CCCCC2(C)CC2)cc1O. The highest BCUT2D eigenvalue weighted by Crippen LogP contribution is 2.49. The van der Waals surface area contributed by atoms with Crippen molar-refractivity contribution < 1.29 is 5.11 Å². The first kappa shape index (κ1) is 20.3. The minimum absolute atomic E-state index is 0.463. The summed E-state index contributed by atoms with van der Waals surface area (Å²) in [5, 5.41) is 10.3. The summed E-state index contributed by atoms with van der Waals surface area (Å²) in [6, 6.07) is 6.39. The Labute approximate surface area is 156 Å². The highest BCUT2D eigenvalue weighted by atomic mass is 16.3. The zero-order valence-electron chi connectivity index (χ0n) is 17.2. The van der Waals surface area contributed by atoms with Crippen molar-refractivity contribution in [2.24, 2.45) is 10.8 Å². The van der Waals surface area contributed by atoms with Gasteiger partial charge in [0.05, 0.1) is 0 Å². The summed E-state index contributed by atoms with van der Waals surface area (Å²) < 4.78 is 0. The van der Waals surface area contributed by atoms with Gasteiger partial charge in [-0.05, 0) is 79.4 Å². The zero-order valence-corrected chi connectivity index (χ0v) is 17.2. The molecular formula is C24H40O. The zero-order chi connectivity index (χ0) is 18.3. The van der Waals surface area contributed by atoms with Gasteiger partial charge in [-0.25, -0.2) is 0 Å². The topological polar surface area (TPSA) is 20.2 Å². The molecular weight excluding hydrogens is 304 g/mol. The van der Waals surface area contributed by atoms with Gasteiger partial charge in [0.25, 0.3) is 0 Å². The maximum atomic E-state index is 10.3. The van der Waals surface area contributed by atoms with Crippen LogP contribution in [0.3, 0.4) is 0 Å². The van der Waals surface area contributed by atoms with E-state index in [4.69, 9.17) is 0 Å². The quantitative estimate of drug-likeness (QED) is 0.413. The highest BCUT2D eigenvalue weighted by Gasteiger charge is 2.35. The molecule has 1 aromatic carbocycles. The largest absolute Gasteiger partial charge is 0.508 e. The summed E-state index contributed by atoms with van der Waals surface area (Å²) in [5.74, 6) is 0.515. The third kappa shape index (κ3) is 8.29. The molecule has 0 spiro atoms. The lowest BCUT2D eigenvalue weighted by Crippen LogP contribution is -2.03. The number of benzene rings is 1. The van der Waals surface area contributed by atoms with Crippen molar-refractivity contribution in [1.29, 1.82) is 0 Å². The van der Waals surface area contributed by atoms with Crippen molar-refractivity contribution >= 4 is 0 Å². The van der Waals surface area contributed by atoms with Crippen LogP contribution >= 0.6 is 0 Å². The van der Waals surface area contributed by atoms with Gasteiger partial charge >= 0.3 is 0 Å². The van der Waals surface area contributed by atoms with Crippen LogP contribution in [0.5, 0.6) is 5.75 Å². The number of hydrogen-bond donors (Lipinski definition) is 1. The van der Waals surface area contributed by atoms with Crippen LogP contribution in [0, 0.1) is 10.8 Å². The average molecular weight is 345 g/mol. The fourth-order valence-electron chi connectivity index (χ4n) is 3.64. The van der Waals surface area contributed by atoms with Gasteiger partial charge in [0.15, 0.2) is 0 Å². The first-order valence-corrected chi connectivity index (χ1v) is 10.6. The molecule has 142 valence electrons. The van der Waals surface area contributed by atoms with E-state index < -0.39 is 0 Å². The predicted molar refractivity (Wildman–Crippen MR) is 109 cm³/mol. The van der Waals surface area contributed by atoms with E-state index in [0.29, 0.717) is 16.6 Å². The van der Waals surface area contributed by atoms with Crippen LogP contribution in [0.4, 0.5) is 0 Å². The van der Waals surface area contributed by atoms with Crippen molar-refractivity contribution in [3.8, 4) is 5.75 Å². The monoisotopic (exact) mass is 344 g/mol. The lowest BCUT2D eigenvalue weighted by molar-refractivity contribution is 0.357. The molecule has 0 atom stereocenters. The van der Waals surface area contributed by atoms with Crippen molar-refractivity contribution in [2.45, 2.75) is 105 Å². The van der Waals surface area contributed by atoms with E-state index in [-0.39, 0.29) is 0 Å². The molecule has 0 heterocycles. The number of rotatable bonds is 11. The lowest BCUT2D eigenvalue weighted by Gasteiger charge is -2.17. The number of phenols is 1. The van der Waals surface area contributed by atoms with E-state index in [1.54, 1.807) is 0 Å². The smallest absolute Gasteiger partial charge is 0.119 e. The van der Waals surface area contributed by atoms with Crippen molar-refractivity contribution in [2.75, 3.05) is 0 Å². The summed E-state index contributed by atoms with van der Waals surface area (Å²) in [6.45, 7) is 9.37. The third-order valence-electron chi connectivity index (χ3n) is 5.87. The molecule has 1 heteroatoms. The van der Waals surface area contributed by atoms with Crippen LogP contribution in [-0.4, -0.2) is 5.11 Å². The van der Waals surface area contributed by atoms with E-state index in [2.05, 4.69) is 39.8 Å². The molecule has 0 aromatic heterocycles. The standard InChI is InChI=1S/C24H40O/c1-23(2,3)15-9-6-5-7-12-21-14-13-20(19-22(21)25)11-8-10-16-24(4)17-18-24/h13-14,19,25H,5-12,15-18H2,1-4H3. The van der Waals surface area contributed by atoms with Crippen molar-refractivity contribution in [3.63, 3.8) is 0 Å². The second-order valence-electron chi connectivity index (χ2n) is 9.96. The molecule has 25 heavy (non-hydrogen) atoms. The average Bonchev–Trinajstić information content (AvgIpc) is 3.26. The van der Waals surface area contributed by atoms with Crippen LogP contribution in [0.1, 0.15) is 103 Å². The molecule has 0 radical (unpaired) electrons. The Morgan fingerprint density at radius 2 is 1.60 bits per heavy atom. The Hall–Kier alpha value is -0.980. The Bertz CT molecular complexity index is 519. The summed E-state index contributed by atoms with van der Waals surface area (Å²) in [6.07, 6.45) is 15.4. The van der Waals surface area contributed by atoms with Crippen molar-refractivity contribution in [3.05, 3.63) is 29.3 Å². The molecule has 1 N–H and O–H groups in total. The maximum Gasteiger partial charge on any atom is 0.119 e. The summed E-state index contributed by atoms with van der Waals surface area (Å²) in [5.41, 5.74) is 3.57. The Kier molecular flexibility index (Phi) is 7.40. The number of aromatic hydroxyl groups is 1. The molecule has 0 bridgehead atoms. The second kappa shape index (κ2) is 9.10. The Morgan fingerprint density at radius 1 is 0.920 bits per heavy atom. The van der Waals surface area contributed by atoms with Gasteiger partial charge in [0.2, 0.25) is 0 Å². The summed E-state index contributed by atoms with van der Waals surface area (Å²) >= 11 is 0. The number of aryl methyl sites for hydroxylation is 2. The second-order valence-corrected chi connectivity index (χ2v) is 9.96. The van der Waals surface area contributed by atoms with Gasteiger partial charge in [-0.1, -0.05) is 65.5 Å². The fourth-order valence-corrected chi connectivity index (χ4v) is 3.64. The van der Waals surface area contributed by atoms with E-state index in [1.165, 1.54) is 69.8 Å². The van der Waals surface area contributed by atoms with Crippen LogP contribution in [0.25, 0.3) is 0 Å². The molecule has 1 saturated carbocycles. The Morgan fingerprint density at radius 3 is 2.24 bits per heavy atom. The van der Waals surface area contributed by atoms with Gasteiger partial charge in [-0.15, -0.1) is 0 Å². The normalized spacial score (nSPS) is 16.2. The molecule has 1 aliphatic rings. The fraction of sp³-hybridized carbons (Fsp3) is 0.750. The first-order valence-electron chi connectivity index (χ1n) is 10.6. The minimum atomic E-state index is 0.463. The predicted octanol–water partition coefficient (Wildman–Crippen LogP) is 7.44. The molecule has 0 aliphatic heterocycles. The van der Waals surface area contributed by atoms with E-state index in [1.807, 2.05) is 6.07 Å². The molecule has 1 nitrogen and oxygen atoms in total. The molecule has 2 rings (SSSR count). The van der Waals surface area contributed by atoms with Crippen LogP contribution in [-0.2, 0) is 12.8 Å². The van der Waals surface area contributed by atoms with Crippen LogP contribution in [0.15, 0.2) is 18.2 Å². The van der Waals surface area contributed by atoms with Gasteiger partial charge in [-0.2, -0.15) is 0 Å². The number of unbranched alkanes of at least 4 members (excludes halogenated alkanes) is 4. The first-order chi connectivity index (χ1) is 11.8. The molecule has 1 fully saturated rings. The van der Waals surface area contributed by atoms with E-state index >= 15 is 0 Å². The third-order valence-corrected chi connectivity index (χ3v) is 5.87. The molecule has 1 aliphatic carbocycles. The number of phenolic OH excluding ortho intramolecular Hbond substituents is 1. The van der Waals surface area contributed by atoms with Crippen LogP contribution in [0.2, 0.25) is 0 Å². The van der Waals surface area contributed by atoms with Gasteiger partial charge in [-0.3, -0.25) is 0 Å². The molecule has 0 unspecified atom stereocenters. The lowest BCUT2D eigenvalue weighted by atomic mass is 9.89. The van der Waals surface area contributed by atoms with E-state index in [0.717, 1.165) is 18.4 Å². The summed E-state index contributed by atoms with van der Waals surface area (Å²) in [4.78, 5) is 0. The van der Waals surface area contributed by atoms with Crippen LogP contribution < -0.4 is 0 Å². The maximum absolute atomic E-state index is 10.3. The van der Waals surface area contributed by atoms with E-state index in [9.17, 15) is 5.11 Å².